The first-order valence-corrected chi connectivity index (χ1v) is 11.0. The van der Waals surface area contributed by atoms with Crippen LogP contribution in [-0.4, -0.2) is 18.0 Å². The Morgan fingerprint density at radius 2 is 1.32 bits per heavy atom. The first-order chi connectivity index (χ1) is 16.7. The average molecular weight is 455 g/mol. The third-order valence-electron chi connectivity index (χ3n) is 5.42. The Morgan fingerprint density at radius 3 is 1.88 bits per heavy atom. The normalized spacial score (nSPS) is 10.5. The van der Waals surface area contributed by atoms with Crippen LogP contribution in [-0.2, 0) is 19.8 Å². The molecule has 4 rings (SSSR count). The summed E-state index contributed by atoms with van der Waals surface area (Å²) in [7, 11) is 1.52. The van der Waals surface area contributed by atoms with E-state index in [-0.39, 0.29) is 24.6 Å². The van der Waals surface area contributed by atoms with Gasteiger partial charge in [-0.2, -0.15) is 0 Å². The molecule has 1 N–H and O–H groups in total. The monoisotopic (exact) mass is 454 g/mol. The van der Waals surface area contributed by atoms with Crippen LogP contribution in [0.2, 0.25) is 0 Å². The van der Waals surface area contributed by atoms with Crippen LogP contribution in [0.25, 0.3) is 0 Å². The highest BCUT2D eigenvalue weighted by molar-refractivity contribution is 6.12. The molecular formula is C29H26O5. The lowest BCUT2D eigenvalue weighted by Gasteiger charge is -2.17. The third-order valence-corrected chi connectivity index (χ3v) is 5.42. The van der Waals surface area contributed by atoms with Gasteiger partial charge in [-0.05, 0) is 47.0 Å². The number of carbonyl (C=O) groups excluding carboxylic acids is 1. The molecule has 5 nitrogen and oxygen atoms in total. The van der Waals surface area contributed by atoms with E-state index in [0.29, 0.717) is 35.0 Å². The van der Waals surface area contributed by atoms with Gasteiger partial charge in [0.15, 0.2) is 17.3 Å². The van der Waals surface area contributed by atoms with Gasteiger partial charge in [-0.3, -0.25) is 4.79 Å². The number of carbonyl (C=O) groups is 1. The molecule has 0 atom stereocenters. The number of aliphatic hydroxyl groups is 1. The summed E-state index contributed by atoms with van der Waals surface area (Å²) in [5.74, 6) is 1.14. The van der Waals surface area contributed by atoms with Gasteiger partial charge in [0.2, 0.25) is 0 Å². The zero-order chi connectivity index (χ0) is 23.8. The largest absolute Gasteiger partial charge is 0.493 e. The molecule has 0 saturated carbocycles. The summed E-state index contributed by atoms with van der Waals surface area (Å²) in [6, 6.07) is 29.9. The standard InChI is InChI=1S/C29H26O5/c1-32-26-17-14-24(18-30)27(29(26)34-20-22-10-6-3-7-11-22)28(31)23-12-15-25(16-13-23)33-19-21-8-4-2-5-9-21/h2-17,30H,18-20H2,1H3. The lowest BCUT2D eigenvalue weighted by Crippen LogP contribution is -2.11. The van der Waals surface area contributed by atoms with E-state index in [4.69, 9.17) is 14.2 Å². The SMILES string of the molecule is COc1ccc(CO)c(C(=O)c2ccc(OCc3ccccc3)cc2)c1OCc1ccccc1. The number of aliphatic hydroxyl groups excluding tert-OH is 1. The number of methoxy groups -OCH3 is 1. The molecule has 4 aromatic carbocycles. The highest BCUT2D eigenvalue weighted by Crippen LogP contribution is 2.36. The van der Waals surface area contributed by atoms with Gasteiger partial charge >= 0.3 is 0 Å². The predicted molar refractivity (Wildman–Crippen MR) is 130 cm³/mol. The molecule has 5 heteroatoms. The second kappa shape index (κ2) is 11.2. The Bertz CT molecular complexity index is 1220. The minimum absolute atomic E-state index is 0.263. The van der Waals surface area contributed by atoms with E-state index in [1.54, 1.807) is 36.4 Å². The maximum absolute atomic E-state index is 13.5. The Morgan fingerprint density at radius 1 is 0.735 bits per heavy atom. The zero-order valence-corrected chi connectivity index (χ0v) is 18.9. The van der Waals surface area contributed by atoms with Crippen LogP contribution in [0.1, 0.15) is 32.6 Å². The highest BCUT2D eigenvalue weighted by Gasteiger charge is 2.23. The van der Waals surface area contributed by atoms with Crippen LogP contribution >= 0.6 is 0 Å². The van der Waals surface area contributed by atoms with E-state index < -0.39 is 0 Å². The van der Waals surface area contributed by atoms with Crippen molar-refractivity contribution in [1.29, 1.82) is 0 Å². The van der Waals surface area contributed by atoms with Crippen molar-refractivity contribution in [2.45, 2.75) is 19.8 Å². The molecule has 0 radical (unpaired) electrons. The second-order valence-electron chi connectivity index (χ2n) is 7.69. The van der Waals surface area contributed by atoms with Crippen molar-refractivity contribution in [2.75, 3.05) is 7.11 Å². The molecule has 0 fully saturated rings. The van der Waals surface area contributed by atoms with Crippen molar-refractivity contribution in [2.24, 2.45) is 0 Å². The van der Waals surface area contributed by atoms with E-state index in [2.05, 4.69) is 0 Å². The zero-order valence-electron chi connectivity index (χ0n) is 18.9. The van der Waals surface area contributed by atoms with Crippen molar-refractivity contribution in [1.82, 2.24) is 0 Å². The molecule has 172 valence electrons. The third kappa shape index (κ3) is 5.45. The molecule has 0 aromatic heterocycles. The molecule has 0 aliphatic rings. The van der Waals surface area contributed by atoms with Crippen LogP contribution in [0.5, 0.6) is 17.2 Å². The Balaban J connectivity index is 1.58. The van der Waals surface area contributed by atoms with E-state index in [0.717, 1.165) is 11.1 Å². The van der Waals surface area contributed by atoms with E-state index in [1.165, 1.54) is 7.11 Å². The molecule has 0 bridgehead atoms. The topological polar surface area (TPSA) is 65.0 Å². The molecular weight excluding hydrogens is 428 g/mol. The smallest absolute Gasteiger partial charge is 0.197 e. The number of hydrogen-bond donors (Lipinski definition) is 1. The first-order valence-electron chi connectivity index (χ1n) is 11.0. The van der Waals surface area contributed by atoms with Crippen molar-refractivity contribution in [3.05, 3.63) is 125 Å². The number of ether oxygens (including phenoxy) is 3. The highest BCUT2D eigenvalue weighted by atomic mass is 16.5. The van der Waals surface area contributed by atoms with Crippen molar-refractivity contribution in [3.63, 3.8) is 0 Å². The number of rotatable bonds is 10. The van der Waals surface area contributed by atoms with E-state index in [1.807, 2.05) is 60.7 Å². The van der Waals surface area contributed by atoms with Crippen molar-refractivity contribution < 1.29 is 24.1 Å². The Labute approximate surface area is 199 Å². The number of hydrogen-bond acceptors (Lipinski definition) is 5. The minimum atomic E-state index is -0.301. The van der Waals surface area contributed by atoms with Gasteiger partial charge in [-0.1, -0.05) is 66.7 Å². The van der Waals surface area contributed by atoms with Gasteiger partial charge in [0.05, 0.1) is 19.3 Å². The molecule has 0 aliphatic heterocycles. The minimum Gasteiger partial charge on any atom is -0.493 e. The van der Waals surface area contributed by atoms with E-state index >= 15 is 0 Å². The fraction of sp³-hybridized carbons (Fsp3) is 0.138. The summed E-state index contributed by atoms with van der Waals surface area (Å²) in [5, 5.41) is 9.94. The summed E-state index contributed by atoms with van der Waals surface area (Å²) in [6.07, 6.45) is 0. The summed E-state index contributed by atoms with van der Waals surface area (Å²) < 4.78 is 17.4. The summed E-state index contributed by atoms with van der Waals surface area (Å²) in [6.45, 7) is 0.403. The molecule has 0 spiro atoms. The van der Waals surface area contributed by atoms with Crippen molar-refractivity contribution in [3.8, 4) is 17.2 Å². The van der Waals surface area contributed by atoms with Gasteiger partial charge in [-0.25, -0.2) is 0 Å². The lowest BCUT2D eigenvalue weighted by molar-refractivity contribution is 0.103. The van der Waals surface area contributed by atoms with Gasteiger partial charge < -0.3 is 19.3 Å². The Kier molecular flexibility index (Phi) is 7.58. The van der Waals surface area contributed by atoms with Crippen LogP contribution in [0.15, 0.2) is 97.1 Å². The van der Waals surface area contributed by atoms with Gasteiger partial charge in [0, 0.05) is 5.56 Å². The van der Waals surface area contributed by atoms with Crippen LogP contribution in [0.4, 0.5) is 0 Å². The predicted octanol–water partition coefficient (Wildman–Crippen LogP) is 5.58. The van der Waals surface area contributed by atoms with Crippen LogP contribution in [0, 0.1) is 0 Å². The lowest BCUT2D eigenvalue weighted by atomic mass is 9.97. The van der Waals surface area contributed by atoms with E-state index in [9.17, 15) is 9.90 Å². The molecule has 0 aliphatic carbocycles. The summed E-state index contributed by atoms with van der Waals surface area (Å²) in [5.41, 5.74) is 3.23. The van der Waals surface area contributed by atoms with Gasteiger partial charge in [-0.15, -0.1) is 0 Å². The maximum Gasteiger partial charge on any atom is 0.197 e. The second-order valence-corrected chi connectivity index (χ2v) is 7.69. The number of benzene rings is 4. The Hall–Kier alpha value is -4.09. The summed E-state index contributed by atoms with van der Waals surface area (Å²) in [4.78, 5) is 13.5. The summed E-state index contributed by atoms with van der Waals surface area (Å²) >= 11 is 0. The van der Waals surface area contributed by atoms with Crippen LogP contribution < -0.4 is 14.2 Å². The van der Waals surface area contributed by atoms with Crippen molar-refractivity contribution >= 4 is 5.78 Å². The molecule has 0 amide bonds. The maximum atomic E-state index is 13.5. The fourth-order valence-corrected chi connectivity index (χ4v) is 3.61. The molecule has 34 heavy (non-hydrogen) atoms. The number of ketones is 1. The molecule has 0 unspecified atom stereocenters. The molecule has 0 heterocycles. The molecule has 4 aromatic rings. The molecule has 0 saturated heterocycles. The van der Waals surface area contributed by atoms with Crippen LogP contribution in [0.3, 0.4) is 0 Å². The first kappa shape index (κ1) is 23.1. The van der Waals surface area contributed by atoms with Gasteiger partial charge in [0.1, 0.15) is 19.0 Å². The fourth-order valence-electron chi connectivity index (χ4n) is 3.61. The quantitative estimate of drug-likeness (QED) is 0.317. The van der Waals surface area contributed by atoms with Gasteiger partial charge in [0.25, 0.3) is 0 Å². The average Bonchev–Trinajstić information content (AvgIpc) is 2.91.